The third-order valence-corrected chi connectivity index (χ3v) is 3.38. The van der Waals surface area contributed by atoms with Crippen molar-refractivity contribution in [2.75, 3.05) is 4.90 Å². The molecule has 1 amide bonds. The van der Waals surface area contributed by atoms with E-state index in [-0.39, 0.29) is 6.42 Å². The second-order valence-corrected chi connectivity index (χ2v) is 4.72. The molecule has 1 atom stereocenters. The first-order chi connectivity index (χ1) is 10.7. The topological polar surface area (TPSA) is 74.7 Å². The van der Waals surface area contributed by atoms with E-state index in [1.54, 1.807) is 54.6 Å². The number of para-hydroxylation sites is 1. The van der Waals surface area contributed by atoms with E-state index in [1.807, 2.05) is 0 Å². The molecule has 112 valence electrons. The molecule has 1 unspecified atom stereocenters. The molecular formula is C17H15NO4. The Morgan fingerprint density at radius 3 is 2.27 bits per heavy atom. The van der Waals surface area contributed by atoms with Crippen molar-refractivity contribution < 1.29 is 19.5 Å². The largest absolute Gasteiger partial charge is 0.480 e. The Kier molecular flexibility index (Phi) is 5.03. The fourth-order valence-corrected chi connectivity index (χ4v) is 2.26. The number of anilines is 1. The predicted octanol–water partition coefficient (Wildman–Crippen LogP) is 2.16. The minimum Gasteiger partial charge on any atom is -0.480 e. The minimum absolute atomic E-state index is 0.0535. The molecule has 0 bridgehead atoms. The second kappa shape index (κ2) is 7.17. The van der Waals surface area contributed by atoms with E-state index in [0.717, 1.165) is 4.90 Å². The van der Waals surface area contributed by atoms with Crippen LogP contribution in [0.15, 0.2) is 54.6 Å². The number of hydrogen-bond acceptors (Lipinski definition) is 3. The van der Waals surface area contributed by atoms with Gasteiger partial charge in [-0.05, 0) is 17.7 Å². The van der Waals surface area contributed by atoms with Crippen LogP contribution in [0.2, 0.25) is 0 Å². The van der Waals surface area contributed by atoms with Gasteiger partial charge in [0.25, 0.3) is 0 Å². The molecule has 1 N–H and O–H groups in total. The van der Waals surface area contributed by atoms with Gasteiger partial charge in [-0.15, -0.1) is 0 Å². The van der Waals surface area contributed by atoms with Gasteiger partial charge in [0.2, 0.25) is 6.41 Å². The number of benzene rings is 2. The Balaban J connectivity index is 2.35. The van der Waals surface area contributed by atoms with Crippen LogP contribution in [0.3, 0.4) is 0 Å². The molecule has 0 saturated carbocycles. The van der Waals surface area contributed by atoms with Crippen LogP contribution in [-0.2, 0) is 16.0 Å². The van der Waals surface area contributed by atoms with Crippen LogP contribution in [0.1, 0.15) is 15.9 Å². The Labute approximate surface area is 127 Å². The number of aliphatic carboxylic acids is 1. The molecule has 0 radical (unpaired) electrons. The first-order valence-electron chi connectivity index (χ1n) is 6.72. The molecule has 22 heavy (non-hydrogen) atoms. The van der Waals surface area contributed by atoms with Gasteiger partial charge in [0, 0.05) is 17.7 Å². The number of carbonyl (C=O) groups excluding carboxylic acids is 2. The molecule has 0 spiro atoms. The van der Waals surface area contributed by atoms with Crippen molar-refractivity contribution >= 4 is 24.4 Å². The molecule has 0 aliphatic rings. The number of amides is 1. The van der Waals surface area contributed by atoms with Gasteiger partial charge < -0.3 is 10.0 Å². The molecule has 5 nitrogen and oxygen atoms in total. The highest BCUT2D eigenvalue weighted by Gasteiger charge is 2.26. The molecule has 2 aromatic rings. The van der Waals surface area contributed by atoms with Crippen LogP contribution >= 0.6 is 0 Å². The quantitative estimate of drug-likeness (QED) is 0.795. The van der Waals surface area contributed by atoms with Crippen molar-refractivity contribution in [3.63, 3.8) is 0 Å². The molecule has 0 heterocycles. The van der Waals surface area contributed by atoms with Crippen LogP contribution in [0.5, 0.6) is 0 Å². The molecule has 2 aromatic carbocycles. The fourth-order valence-electron chi connectivity index (χ4n) is 2.26. The average molecular weight is 297 g/mol. The predicted molar refractivity (Wildman–Crippen MR) is 81.9 cm³/mol. The average Bonchev–Trinajstić information content (AvgIpc) is 2.56. The zero-order chi connectivity index (χ0) is 15.9. The number of aldehydes is 1. The molecule has 0 aromatic heterocycles. The first kappa shape index (κ1) is 15.4. The molecule has 0 aliphatic carbocycles. The van der Waals surface area contributed by atoms with Crippen molar-refractivity contribution in [1.29, 1.82) is 0 Å². The number of carboxylic acid groups (broad SMARTS) is 1. The zero-order valence-electron chi connectivity index (χ0n) is 11.8. The summed E-state index contributed by atoms with van der Waals surface area (Å²) in [5, 5.41) is 9.47. The van der Waals surface area contributed by atoms with Crippen molar-refractivity contribution in [3.8, 4) is 0 Å². The first-order valence-corrected chi connectivity index (χ1v) is 6.72. The summed E-state index contributed by atoms with van der Waals surface area (Å²) in [5.41, 5.74) is 1.51. The van der Waals surface area contributed by atoms with E-state index in [4.69, 9.17) is 0 Å². The fraction of sp³-hybridized carbons (Fsp3) is 0.118. The lowest BCUT2D eigenvalue weighted by Crippen LogP contribution is -2.42. The van der Waals surface area contributed by atoms with Gasteiger partial charge in [-0.3, -0.25) is 9.59 Å². The summed E-state index contributed by atoms with van der Waals surface area (Å²) in [6.45, 7) is 0. The van der Waals surface area contributed by atoms with E-state index in [2.05, 4.69) is 0 Å². The minimum atomic E-state index is -1.13. The van der Waals surface area contributed by atoms with Gasteiger partial charge in [0.1, 0.15) is 12.3 Å². The van der Waals surface area contributed by atoms with Gasteiger partial charge in [-0.25, -0.2) is 4.79 Å². The summed E-state index contributed by atoms with van der Waals surface area (Å²) in [6, 6.07) is 14.2. The second-order valence-electron chi connectivity index (χ2n) is 4.72. The Morgan fingerprint density at radius 1 is 1.05 bits per heavy atom. The van der Waals surface area contributed by atoms with Crippen LogP contribution in [0.25, 0.3) is 0 Å². The normalized spacial score (nSPS) is 11.5. The van der Waals surface area contributed by atoms with Crippen LogP contribution in [0.4, 0.5) is 5.69 Å². The monoisotopic (exact) mass is 297 g/mol. The van der Waals surface area contributed by atoms with Crippen molar-refractivity contribution in [3.05, 3.63) is 65.7 Å². The number of carboxylic acids is 1. The maximum absolute atomic E-state index is 11.6. The maximum atomic E-state index is 11.6. The van der Waals surface area contributed by atoms with Crippen LogP contribution < -0.4 is 4.90 Å². The van der Waals surface area contributed by atoms with Gasteiger partial charge in [-0.2, -0.15) is 0 Å². The Hall–Kier alpha value is -2.95. The summed E-state index contributed by atoms with van der Waals surface area (Å²) in [7, 11) is 0. The van der Waals surface area contributed by atoms with Crippen LogP contribution in [-0.4, -0.2) is 29.8 Å². The molecule has 5 heteroatoms. The van der Waals surface area contributed by atoms with Crippen molar-refractivity contribution in [2.24, 2.45) is 0 Å². The smallest absolute Gasteiger partial charge is 0.327 e. The standard InChI is InChI=1S/C17H15NO4/c19-11-14-7-5-4-6-13(14)10-16(17(21)22)18(12-20)15-8-2-1-3-9-15/h1-9,11-12,16H,10H2,(H,21,22). The van der Waals surface area contributed by atoms with Gasteiger partial charge >= 0.3 is 5.97 Å². The summed E-state index contributed by atoms with van der Waals surface area (Å²) in [6.07, 6.45) is 1.23. The molecular weight excluding hydrogens is 282 g/mol. The van der Waals surface area contributed by atoms with E-state index in [1.165, 1.54) is 0 Å². The van der Waals surface area contributed by atoms with Gasteiger partial charge in [0.15, 0.2) is 0 Å². The lowest BCUT2D eigenvalue weighted by Gasteiger charge is -2.25. The summed E-state index contributed by atoms with van der Waals surface area (Å²) < 4.78 is 0. The Bertz CT molecular complexity index is 669. The van der Waals surface area contributed by atoms with E-state index in [0.29, 0.717) is 29.5 Å². The molecule has 2 rings (SSSR count). The van der Waals surface area contributed by atoms with E-state index < -0.39 is 12.0 Å². The maximum Gasteiger partial charge on any atom is 0.327 e. The SMILES string of the molecule is O=Cc1ccccc1CC(C(=O)O)N(C=O)c1ccccc1. The summed E-state index contributed by atoms with van der Waals surface area (Å²) in [4.78, 5) is 35.2. The third-order valence-electron chi connectivity index (χ3n) is 3.38. The molecule has 0 fully saturated rings. The summed E-state index contributed by atoms with van der Waals surface area (Å²) >= 11 is 0. The lowest BCUT2D eigenvalue weighted by molar-refractivity contribution is -0.139. The van der Waals surface area contributed by atoms with E-state index >= 15 is 0 Å². The van der Waals surface area contributed by atoms with Gasteiger partial charge in [0.05, 0.1) is 0 Å². The molecule has 0 aliphatic heterocycles. The lowest BCUT2D eigenvalue weighted by atomic mass is 10.00. The van der Waals surface area contributed by atoms with E-state index in [9.17, 15) is 19.5 Å². The highest BCUT2D eigenvalue weighted by molar-refractivity contribution is 5.89. The number of carbonyl (C=O) groups is 3. The highest BCUT2D eigenvalue weighted by atomic mass is 16.4. The Morgan fingerprint density at radius 2 is 1.68 bits per heavy atom. The number of rotatable bonds is 7. The van der Waals surface area contributed by atoms with Crippen molar-refractivity contribution in [1.82, 2.24) is 0 Å². The number of nitrogens with zero attached hydrogens (tertiary/aromatic N) is 1. The number of hydrogen-bond donors (Lipinski definition) is 1. The third kappa shape index (κ3) is 3.38. The molecule has 0 saturated heterocycles. The van der Waals surface area contributed by atoms with Crippen LogP contribution in [0, 0.1) is 0 Å². The summed E-state index contributed by atoms with van der Waals surface area (Å²) in [5.74, 6) is -1.13. The van der Waals surface area contributed by atoms with Gasteiger partial charge in [-0.1, -0.05) is 42.5 Å². The zero-order valence-corrected chi connectivity index (χ0v) is 11.8. The highest BCUT2D eigenvalue weighted by Crippen LogP contribution is 2.19. The van der Waals surface area contributed by atoms with Crippen molar-refractivity contribution in [2.45, 2.75) is 12.5 Å².